The summed E-state index contributed by atoms with van der Waals surface area (Å²) in [7, 11) is 0. The van der Waals surface area contributed by atoms with Crippen molar-refractivity contribution in [1.82, 2.24) is 14.8 Å². The highest BCUT2D eigenvalue weighted by molar-refractivity contribution is 7.10. The number of rotatable bonds is 4. The molecule has 6 nitrogen and oxygen atoms in total. The van der Waals surface area contributed by atoms with Gasteiger partial charge >= 0.3 is 5.97 Å². The van der Waals surface area contributed by atoms with E-state index >= 15 is 0 Å². The molecule has 0 amide bonds. The second-order valence-corrected chi connectivity index (χ2v) is 7.07. The van der Waals surface area contributed by atoms with Gasteiger partial charge in [0.05, 0.1) is 5.57 Å². The Morgan fingerprint density at radius 1 is 1.27 bits per heavy atom. The molecule has 7 heteroatoms. The number of hydrogen-bond acceptors (Lipinski definition) is 6. The molecule has 0 saturated carbocycles. The Balaban J connectivity index is 1.68. The van der Waals surface area contributed by atoms with Crippen LogP contribution in [0.5, 0.6) is 0 Å². The van der Waals surface area contributed by atoms with Crippen molar-refractivity contribution >= 4 is 23.3 Å². The monoisotopic (exact) mass is 366 g/mol. The van der Waals surface area contributed by atoms with Crippen molar-refractivity contribution in [2.75, 3.05) is 5.32 Å². The van der Waals surface area contributed by atoms with Crippen LogP contribution in [0.2, 0.25) is 0 Å². The highest BCUT2D eigenvalue weighted by Gasteiger charge is 2.35. The van der Waals surface area contributed by atoms with Crippen LogP contribution in [0.3, 0.4) is 0 Å². The zero-order valence-corrected chi connectivity index (χ0v) is 15.3. The number of fused-ring (bicyclic) bond motifs is 1. The van der Waals surface area contributed by atoms with Crippen LogP contribution in [0.1, 0.15) is 29.0 Å². The fourth-order valence-corrected chi connectivity index (χ4v) is 4.08. The number of anilines is 1. The number of benzene rings is 1. The van der Waals surface area contributed by atoms with Gasteiger partial charge < -0.3 is 10.1 Å². The fraction of sp³-hybridized carbons (Fsp3) is 0.211. The number of nitrogens with one attached hydrogen (secondary N) is 1. The molecule has 3 aromatic rings. The number of carbonyl (C=O) groups excluding carboxylic acids is 1. The van der Waals surface area contributed by atoms with Crippen LogP contribution >= 0.6 is 11.3 Å². The van der Waals surface area contributed by atoms with Crippen LogP contribution in [0.4, 0.5) is 5.95 Å². The summed E-state index contributed by atoms with van der Waals surface area (Å²) in [6, 6.07) is 11.4. The first-order valence-corrected chi connectivity index (χ1v) is 9.15. The lowest BCUT2D eigenvalue weighted by Crippen LogP contribution is -2.29. The molecule has 1 atom stereocenters. The van der Waals surface area contributed by atoms with E-state index < -0.39 is 0 Å². The predicted octanol–water partition coefficient (Wildman–Crippen LogP) is 3.68. The summed E-state index contributed by atoms with van der Waals surface area (Å²) in [4.78, 5) is 18.3. The molecule has 1 aliphatic rings. The third kappa shape index (κ3) is 2.90. The Hall–Kier alpha value is -2.93. The van der Waals surface area contributed by atoms with E-state index in [0.717, 1.165) is 21.7 Å². The van der Waals surface area contributed by atoms with Gasteiger partial charge in [0.2, 0.25) is 5.95 Å². The van der Waals surface area contributed by atoms with Crippen molar-refractivity contribution in [1.29, 1.82) is 0 Å². The van der Waals surface area contributed by atoms with Gasteiger partial charge in [0.1, 0.15) is 19.0 Å². The van der Waals surface area contributed by atoms with E-state index in [1.54, 1.807) is 16.0 Å². The molecule has 1 aromatic carbocycles. The molecular formula is C19H18N4O2S. The van der Waals surface area contributed by atoms with Crippen LogP contribution in [0.15, 0.2) is 59.4 Å². The van der Waals surface area contributed by atoms with Crippen LogP contribution in [0.25, 0.3) is 0 Å². The van der Waals surface area contributed by atoms with Gasteiger partial charge in [-0.25, -0.2) is 9.48 Å². The first kappa shape index (κ1) is 16.5. The minimum Gasteiger partial charge on any atom is -0.457 e. The van der Waals surface area contributed by atoms with Gasteiger partial charge in [-0.05, 0) is 36.4 Å². The first-order valence-electron chi connectivity index (χ1n) is 8.27. The van der Waals surface area contributed by atoms with Crippen LogP contribution in [-0.2, 0) is 16.1 Å². The number of thiophene rings is 1. The van der Waals surface area contributed by atoms with E-state index in [2.05, 4.69) is 15.4 Å². The molecule has 0 fully saturated rings. The van der Waals surface area contributed by atoms with E-state index in [-0.39, 0.29) is 18.6 Å². The van der Waals surface area contributed by atoms with E-state index in [9.17, 15) is 4.79 Å². The average Bonchev–Trinajstić information content (AvgIpc) is 3.28. The number of allylic oxidation sites excluding steroid dienone is 1. The van der Waals surface area contributed by atoms with Crippen molar-refractivity contribution in [3.8, 4) is 0 Å². The molecule has 4 rings (SSSR count). The second-order valence-electron chi connectivity index (χ2n) is 6.12. The van der Waals surface area contributed by atoms with E-state index in [1.165, 1.54) is 6.33 Å². The molecule has 0 bridgehead atoms. The zero-order chi connectivity index (χ0) is 18.1. The Kier molecular flexibility index (Phi) is 4.30. The van der Waals surface area contributed by atoms with Crippen molar-refractivity contribution < 1.29 is 9.53 Å². The summed E-state index contributed by atoms with van der Waals surface area (Å²) < 4.78 is 7.35. The standard InChI is InChI=1S/C19H18N4O2S/c1-12-8-9-26-17(12)16-15(13(2)22-19-20-11-21-23(16)19)18(24)25-10-14-6-4-3-5-7-14/h3-9,11,16H,10H2,1-2H3,(H,20,21,22). The Morgan fingerprint density at radius 2 is 2.08 bits per heavy atom. The zero-order valence-electron chi connectivity index (χ0n) is 14.5. The van der Waals surface area contributed by atoms with Gasteiger partial charge in [-0.3, -0.25) is 0 Å². The summed E-state index contributed by atoms with van der Waals surface area (Å²) in [6.45, 7) is 4.14. The maximum absolute atomic E-state index is 13.0. The molecule has 2 aromatic heterocycles. The third-order valence-electron chi connectivity index (χ3n) is 4.38. The van der Waals surface area contributed by atoms with E-state index in [4.69, 9.17) is 4.74 Å². The van der Waals surface area contributed by atoms with Crippen LogP contribution < -0.4 is 5.32 Å². The maximum atomic E-state index is 13.0. The smallest absolute Gasteiger partial charge is 0.338 e. The summed E-state index contributed by atoms with van der Waals surface area (Å²) in [6.07, 6.45) is 1.49. The average molecular weight is 366 g/mol. The quantitative estimate of drug-likeness (QED) is 0.714. The van der Waals surface area contributed by atoms with Crippen LogP contribution in [-0.4, -0.2) is 20.7 Å². The van der Waals surface area contributed by atoms with E-state index in [1.807, 2.05) is 55.6 Å². The number of carbonyl (C=O) groups is 1. The number of hydrogen-bond donors (Lipinski definition) is 1. The summed E-state index contributed by atoms with van der Waals surface area (Å²) in [5.41, 5.74) is 3.36. The number of aryl methyl sites for hydroxylation is 1. The predicted molar refractivity (Wildman–Crippen MR) is 99.8 cm³/mol. The first-order chi connectivity index (χ1) is 12.6. The second kappa shape index (κ2) is 6.76. The fourth-order valence-electron chi connectivity index (χ4n) is 3.06. The molecular weight excluding hydrogens is 348 g/mol. The molecule has 26 heavy (non-hydrogen) atoms. The highest BCUT2D eigenvalue weighted by Crippen LogP contribution is 2.38. The number of ether oxygens (including phenoxy) is 1. The van der Waals surface area contributed by atoms with Crippen molar-refractivity contribution in [2.24, 2.45) is 0 Å². The minimum absolute atomic E-state index is 0.233. The summed E-state index contributed by atoms with van der Waals surface area (Å²) in [5, 5.41) is 9.50. The SMILES string of the molecule is CC1=C(C(=O)OCc2ccccc2)C(c2sccc2C)n2ncnc2N1. The molecule has 0 aliphatic carbocycles. The molecule has 1 N–H and O–H groups in total. The molecule has 1 unspecified atom stereocenters. The Bertz CT molecular complexity index is 974. The van der Waals surface area contributed by atoms with Crippen molar-refractivity contribution in [2.45, 2.75) is 26.5 Å². The number of esters is 1. The maximum Gasteiger partial charge on any atom is 0.338 e. The molecule has 1 aliphatic heterocycles. The lowest BCUT2D eigenvalue weighted by atomic mass is 10.00. The van der Waals surface area contributed by atoms with Gasteiger partial charge in [0, 0.05) is 10.6 Å². The van der Waals surface area contributed by atoms with E-state index in [0.29, 0.717) is 11.5 Å². The van der Waals surface area contributed by atoms with Gasteiger partial charge in [0.15, 0.2) is 0 Å². The Morgan fingerprint density at radius 3 is 2.81 bits per heavy atom. The Labute approximate surface area is 155 Å². The lowest BCUT2D eigenvalue weighted by Gasteiger charge is -2.27. The molecule has 0 radical (unpaired) electrons. The minimum atomic E-state index is -0.349. The normalized spacial score (nSPS) is 16.2. The number of nitrogens with zero attached hydrogens (tertiary/aromatic N) is 3. The van der Waals surface area contributed by atoms with Crippen LogP contribution in [0, 0.1) is 6.92 Å². The topological polar surface area (TPSA) is 69.0 Å². The molecule has 3 heterocycles. The molecule has 0 saturated heterocycles. The van der Waals surface area contributed by atoms with Gasteiger partial charge in [-0.15, -0.1) is 11.3 Å². The third-order valence-corrected chi connectivity index (χ3v) is 5.45. The van der Waals surface area contributed by atoms with Crippen molar-refractivity contribution in [3.05, 3.63) is 75.4 Å². The van der Waals surface area contributed by atoms with Gasteiger partial charge in [0.25, 0.3) is 0 Å². The molecule has 0 spiro atoms. The highest BCUT2D eigenvalue weighted by atomic mass is 32.1. The molecule has 132 valence electrons. The summed E-state index contributed by atoms with van der Waals surface area (Å²) >= 11 is 1.60. The van der Waals surface area contributed by atoms with Gasteiger partial charge in [-0.2, -0.15) is 10.1 Å². The van der Waals surface area contributed by atoms with Crippen molar-refractivity contribution in [3.63, 3.8) is 0 Å². The van der Waals surface area contributed by atoms with Gasteiger partial charge in [-0.1, -0.05) is 30.3 Å². The summed E-state index contributed by atoms with van der Waals surface area (Å²) in [5.74, 6) is 0.276. The lowest BCUT2D eigenvalue weighted by molar-refractivity contribution is -0.140. The largest absolute Gasteiger partial charge is 0.457 e. The number of aromatic nitrogens is 3.